The molecule has 1 heterocycles. The molecule has 7 heteroatoms. The van der Waals surface area contributed by atoms with Crippen LogP contribution in [0.3, 0.4) is 0 Å². The number of carbonyl (C=O) groups is 1. The fourth-order valence-corrected chi connectivity index (χ4v) is 7.61. The van der Waals surface area contributed by atoms with E-state index in [1.807, 2.05) is 64.1 Å². The molecule has 1 saturated carbocycles. The second kappa shape index (κ2) is 11.1. The molecule has 0 radical (unpaired) electrons. The molecule has 1 atom stereocenters. The van der Waals surface area contributed by atoms with E-state index in [1.165, 1.54) is 32.1 Å². The maximum absolute atomic E-state index is 13.8. The smallest absolute Gasteiger partial charge is 0.253 e. The van der Waals surface area contributed by atoms with Gasteiger partial charge in [0, 0.05) is 35.6 Å². The Morgan fingerprint density at radius 2 is 1.69 bits per heavy atom. The molecule has 1 aliphatic rings. The van der Waals surface area contributed by atoms with Crippen molar-refractivity contribution in [3.05, 3.63) is 53.7 Å². The molecule has 0 saturated heterocycles. The summed E-state index contributed by atoms with van der Waals surface area (Å²) < 4.78 is 19.3. The Kier molecular flexibility index (Phi) is 8.36. The van der Waals surface area contributed by atoms with Crippen LogP contribution in [0.1, 0.15) is 82.8 Å². The Hall–Kier alpha value is -2.61. The second-order valence-corrected chi connectivity index (χ2v) is 14.8. The van der Waals surface area contributed by atoms with Gasteiger partial charge in [0.05, 0.1) is 25.8 Å². The normalized spacial score (nSPS) is 16.8. The van der Waals surface area contributed by atoms with Gasteiger partial charge in [-0.05, 0) is 89.1 Å². The highest BCUT2D eigenvalue weighted by atomic mass is 32.2. The summed E-state index contributed by atoms with van der Waals surface area (Å²) in [4.78, 5) is 14.0. The molecular formula is C32H45N3O3S. The van der Waals surface area contributed by atoms with Crippen molar-refractivity contribution in [3.63, 3.8) is 0 Å². The molecule has 1 unspecified atom stereocenters. The number of benzene rings is 2. The molecule has 2 aromatic carbocycles. The maximum atomic E-state index is 13.8. The van der Waals surface area contributed by atoms with Crippen molar-refractivity contribution in [1.82, 2.24) is 14.6 Å². The molecule has 4 rings (SSSR count). The molecule has 1 aliphatic carbocycles. The molecule has 3 aromatic rings. The van der Waals surface area contributed by atoms with E-state index in [1.54, 1.807) is 13.8 Å². The first-order valence-electron chi connectivity index (χ1n) is 14.1. The van der Waals surface area contributed by atoms with Crippen molar-refractivity contribution in [2.75, 3.05) is 6.54 Å². The number of rotatable bonds is 8. The molecule has 0 bridgehead atoms. The first-order valence-corrected chi connectivity index (χ1v) is 15.8. The Balaban J connectivity index is 1.86. The van der Waals surface area contributed by atoms with Crippen molar-refractivity contribution >= 4 is 32.3 Å². The van der Waals surface area contributed by atoms with Gasteiger partial charge in [0.25, 0.3) is 5.91 Å². The van der Waals surface area contributed by atoms with E-state index in [4.69, 9.17) is 0 Å². The van der Waals surface area contributed by atoms with E-state index in [9.17, 15) is 14.1 Å². The molecule has 0 spiro atoms. The maximum Gasteiger partial charge on any atom is 0.253 e. The Labute approximate surface area is 234 Å². The summed E-state index contributed by atoms with van der Waals surface area (Å²) in [5.41, 5.74) is 2.16. The summed E-state index contributed by atoms with van der Waals surface area (Å²) >= 11 is 0. The van der Waals surface area contributed by atoms with Crippen molar-refractivity contribution < 1.29 is 14.1 Å². The van der Waals surface area contributed by atoms with Gasteiger partial charge in [-0.1, -0.05) is 49.6 Å². The Morgan fingerprint density at radius 3 is 2.31 bits per heavy atom. The summed E-state index contributed by atoms with van der Waals surface area (Å²) in [6.45, 7) is 12.4. The lowest BCUT2D eigenvalue weighted by Crippen LogP contribution is -2.40. The summed E-state index contributed by atoms with van der Waals surface area (Å²) in [6.07, 6.45) is 6.17. The minimum Gasteiger partial charge on any atom is -0.389 e. The van der Waals surface area contributed by atoms with E-state index in [0.717, 1.165) is 34.3 Å². The van der Waals surface area contributed by atoms with Gasteiger partial charge in [0.2, 0.25) is 0 Å². The number of fused-ring (bicyclic) bond motifs is 1. The number of amides is 1. The first kappa shape index (κ1) is 29.4. The molecule has 3 N–H and O–H groups in total. The minimum absolute atomic E-state index is 0.171. The van der Waals surface area contributed by atoms with E-state index in [-0.39, 0.29) is 18.0 Å². The van der Waals surface area contributed by atoms with Crippen LogP contribution in [0.25, 0.3) is 22.0 Å². The predicted molar refractivity (Wildman–Crippen MR) is 164 cm³/mol. The lowest BCUT2D eigenvalue weighted by Gasteiger charge is -2.26. The van der Waals surface area contributed by atoms with Crippen molar-refractivity contribution in [3.8, 4) is 11.3 Å². The molecule has 1 aromatic heterocycles. The van der Waals surface area contributed by atoms with E-state index >= 15 is 0 Å². The number of aliphatic hydroxyl groups is 1. The zero-order valence-electron chi connectivity index (χ0n) is 24.4. The highest BCUT2D eigenvalue weighted by molar-refractivity contribution is 7.98. The summed E-state index contributed by atoms with van der Waals surface area (Å²) in [5, 5.41) is 14.9. The van der Waals surface area contributed by atoms with E-state index < -0.39 is 15.3 Å². The van der Waals surface area contributed by atoms with Crippen molar-refractivity contribution in [1.29, 1.82) is 0 Å². The van der Waals surface area contributed by atoms with Gasteiger partial charge < -0.3 is 15.0 Å². The number of hydrogen-bond donors (Lipinski definition) is 3. The molecule has 0 aliphatic heterocycles. The van der Waals surface area contributed by atoms with Crippen LogP contribution >= 0.6 is 0 Å². The number of nitrogens with one attached hydrogen (secondary N) is 2. The third kappa shape index (κ3) is 6.94. The number of carbonyl (C=O) groups excluding carboxylic acids is 1. The lowest BCUT2D eigenvalue weighted by atomic mass is 9.89. The third-order valence-electron chi connectivity index (χ3n) is 7.44. The molecule has 1 amide bonds. The van der Waals surface area contributed by atoms with Crippen LogP contribution in [-0.2, 0) is 16.3 Å². The standard InChI is InChI=1S/C32H45N3O3S/c1-22-27(30(36)33-21-32(5,6)37)19-28(35(22)20-23-13-9-8-10-14-23)25-17-18-29(26-16-12-11-15-24(25)26)39(7,38)34-31(2,3)4/h11-12,15-19,23,37H,7-10,13-14,20-21H2,1-6H3,(H,33,36)(H,34,38). The average molecular weight is 552 g/mol. The summed E-state index contributed by atoms with van der Waals surface area (Å²) in [7, 11) is -2.76. The van der Waals surface area contributed by atoms with E-state index in [0.29, 0.717) is 16.4 Å². The quantitative estimate of drug-likeness (QED) is 0.297. The van der Waals surface area contributed by atoms with Crippen LogP contribution in [0.15, 0.2) is 47.4 Å². The van der Waals surface area contributed by atoms with Crippen LogP contribution in [0.4, 0.5) is 0 Å². The SMILES string of the molecule is C=S(=O)(NC(C)(C)C)c1ccc(-c2cc(C(=O)NCC(C)(C)O)c(C)n2CC2CCCCC2)c2ccccc12. The van der Waals surface area contributed by atoms with Crippen LogP contribution in [-0.4, -0.2) is 43.3 Å². The summed E-state index contributed by atoms with van der Waals surface area (Å²) in [5.74, 6) is 4.47. The predicted octanol–water partition coefficient (Wildman–Crippen LogP) is 6.08. The van der Waals surface area contributed by atoms with Crippen LogP contribution < -0.4 is 10.0 Å². The molecular weight excluding hydrogens is 506 g/mol. The van der Waals surface area contributed by atoms with Gasteiger partial charge in [-0.2, -0.15) is 0 Å². The number of aromatic nitrogens is 1. The van der Waals surface area contributed by atoms with Gasteiger partial charge >= 0.3 is 0 Å². The largest absolute Gasteiger partial charge is 0.389 e. The minimum atomic E-state index is -2.76. The van der Waals surface area contributed by atoms with E-state index in [2.05, 4.69) is 26.5 Å². The first-order chi connectivity index (χ1) is 18.2. The third-order valence-corrected chi connectivity index (χ3v) is 9.45. The zero-order chi connectivity index (χ0) is 28.6. The molecule has 212 valence electrons. The average Bonchev–Trinajstić information content (AvgIpc) is 3.16. The van der Waals surface area contributed by atoms with Gasteiger partial charge in [-0.3, -0.25) is 4.79 Å². The van der Waals surface area contributed by atoms with Crippen molar-refractivity contribution in [2.24, 2.45) is 5.92 Å². The van der Waals surface area contributed by atoms with Gasteiger partial charge in [0.15, 0.2) is 0 Å². The van der Waals surface area contributed by atoms with Crippen molar-refractivity contribution in [2.45, 2.75) is 96.2 Å². The second-order valence-electron chi connectivity index (χ2n) is 12.8. The fourth-order valence-electron chi connectivity index (χ4n) is 5.69. The van der Waals surface area contributed by atoms with Gasteiger partial charge in [-0.15, -0.1) is 0 Å². The van der Waals surface area contributed by atoms with Gasteiger partial charge in [0.1, 0.15) is 0 Å². The number of nitrogens with zero attached hydrogens (tertiary/aromatic N) is 1. The van der Waals surface area contributed by atoms with Gasteiger partial charge in [-0.25, -0.2) is 8.93 Å². The topological polar surface area (TPSA) is 83.4 Å². The zero-order valence-corrected chi connectivity index (χ0v) is 25.2. The Bertz CT molecular complexity index is 1450. The highest BCUT2D eigenvalue weighted by Gasteiger charge is 2.25. The molecule has 39 heavy (non-hydrogen) atoms. The van der Waals surface area contributed by atoms with Crippen LogP contribution in [0.2, 0.25) is 0 Å². The molecule has 1 fully saturated rings. The Morgan fingerprint density at radius 1 is 1.05 bits per heavy atom. The highest BCUT2D eigenvalue weighted by Crippen LogP contribution is 2.37. The molecule has 6 nitrogen and oxygen atoms in total. The lowest BCUT2D eigenvalue weighted by molar-refractivity contribution is 0.0694. The van der Waals surface area contributed by atoms with Crippen LogP contribution in [0.5, 0.6) is 0 Å². The summed E-state index contributed by atoms with van der Waals surface area (Å²) in [6, 6.07) is 13.9. The van der Waals surface area contributed by atoms with Crippen LogP contribution in [0, 0.1) is 12.8 Å². The monoisotopic (exact) mass is 551 g/mol. The number of hydrogen-bond acceptors (Lipinski definition) is 3. The fraction of sp³-hybridized carbons (Fsp3) is 0.500.